The van der Waals surface area contributed by atoms with Crippen molar-refractivity contribution in [2.75, 3.05) is 25.7 Å². The molecule has 0 fully saturated rings. The number of amidine groups is 1. The number of methoxy groups -OCH3 is 1. The Morgan fingerprint density at radius 3 is 2.78 bits per heavy atom. The summed E-state index contributed by atoms with van der Waals surface area (Å²) in [4.78, 5) is 2.08. The highest BCUT2D eigenvalue weighted by molar-refractivity contribution is 6.02. The second-order valence-corrected chi connectivity index (χ2v) is 4.37. The largest absolute Gasteiger partial charge is 0.409 e. The van der Waals surface area contributed by atoms with E-state index in [1.54, 1.807) is 7.11 Å². The number of aryl methyl sites for hydroxylation is 1. The molecule has 5 nitrogen and oxygen atoms in total. The minimum atomic E-state index is 0.116. The number of nitrogens with zero attached hydrogens (tertiary/aromatic N) is 2. The van der Waals surface area contributed by atoms with E-state index in [0.717, 1.165) is 16.8 Å². The summed E-state index contributed by atoms with van der Waals surface area (Å²) >= 11 is 0. The summed E-state index contributed by atoms with van der Waals surface area (Å²) in [7, 11) is 3.65. The van der Waals surface area contributed by atoms with Crippen molar-refractivity contribution in [3.63, 3.8) is 0 Å². The van der Waals surface area contributed by atoms with Crippen LogP contribution >= 0.6 is 0 Å². The molecule has 1 atom stereocenters. The van der Waals surface area contributed by atoms with Crippen molar-refractivity contribution in [1.82, 2.24) is 0 Å². The molecule has 0 bridgehead atoms. The summed E-state index contributed by atoms with van der Waals surface area (Å²) in [6.07, 6.45) is 0. The van der Waals surface area contributed by atoms with Crippen LogP contribution in [-0.4, -0.2) is 37.8 Å². The third kappa shape index (κ3) is 2.92. The molecular weight excluding hydrogens is 230 g/mol. The van der Waals surface area contributed by atoms with Gasteiger partial charge in [0.1, 0.15) is 0 Å². The van der Waals surface area contributed by atoms with Gasteiger partial charge in [-0.1, -0.05) is 17.3 Å². The van der Waals surface area contributed by atoms with Gasteiger partial charge >= 0.3 is 0 Å². The second-order valence-electron chi connectivity index (χ2n) is 4.37. The van der Waals surface area contributed by atoms with Gasteiger partial charge in [0.25, 0.3) is 0 Å². The van der Waals surface area contributed by atoms with Gasteiger partial charge in [0.05, 0.1) is 12.3 Å². The highest BCUT2D eigenvalue weighted by atomic mass is 16.5. The molecule has 1 aromatic carbocycles. The van der Waals surface area contributed by atoms with E-state index in [9.17, 15) is 0 Å². The Hall–Kier alpha value is -1.75. The number of oxime groups is 1. The van der Waals surface area contributed by atoms with E-state index >= 15 is 0 Å². The number of anilines is 1. The first-order chi connectivity index (χ1) is 8.52. The van der Waals surface area contributed by atoms with Crippen LogP contribution in [0.3, 0.4) is 0 Å². The van der Waals surface area contributed by atoms with Crippen molar-refractivity contribution < 1.29 is 9.94 Å². The van der Waals surface area contributed by atoms with Crippen molar-refractivity contribution in [3.05, 3.63) is 29.3 Å². The van der Waals surface area contributed by atoms with Crippen LogP contribution in [0.25, 0.3) is 0 Å². The highest BCUT2D eigenvalue weighted by Crippen LogP contribution is 2.25. The first-order valence-corrected chi connectivity index (χ1v) is 5.82. The smallest absolute Gasteiger partial charge is 0.172 e. The lowest BCUT2D eigenvalue weighted by Crippen LogP contribution is -2.35. The molecule has 0 saturated carbocycles. The zero-order valence-electron chi connectivity index (χ0n) is 11.3. The summed E-state index contributed by atoms with van der Waals surface area (Å²) in [5, 5.41) is 11.9. The fourth-order valence-corrected chi connectivity index (χ4v) is 1.96. The molecule has 0 spiro atoms. The van der Waals surface area contributed by atoms with E-state index in [2.05, 4.69) is 17.0 Å². The zero-order valence-corrected chi connectivity index (χ0v) is 11.3. The maximum atomic E-state index is 8.85. The monoisotopic (exact) mass is 251 g/mol. The standard InChI is InChI=1S/C13H21N3O2/c1-9-6-5-7-11(13(14)15-17)12(9)16(3)10(2)8-18-4/h5-7,10,17H,8H2,1-4H3,(H2,14,15). The van der Waals surface area contributed by atoms with Gasteiger partial charge in [0.15, 0.2) is 5.84 Å². The Morgan fingerprint density at radius 2 is 2.22 bits per heavy atom. The number of nitrogens with two attached hydrogens (primary N) is 1. The SMILES string of the molecule is COCC(C)N(C)c1c(C)cccc1/C(N)=N/O. The molecule has 18 heavy (non-hydrogen) atoms. The number of hydrogen-bond donors (Lipinski definition) is 2. The molecule has 0 aliphatic heterocycles. The molecule has 0 aliphatic rings. The third-order valence-electron chi connectivity index (χ3n) is 3.04. The molecule has 5 heteroatoms. The van der Waals surface area contributed by atoms with E-state index < -0.39 is 0 Å². The van der Waals surface area contributed by atoms with E-state index in [0.29, 0.717) is 6.61 Å². The maximum Gasteiger partial charge on any atom is 0.172 e. The van der Waals surface area contributed by atoms with Gasteiger partial charge in [-0.25, -0.2) is 0 Å². The van der Waals surface area contributed by atoms with Crippen LogP contribution in [0.15, 0.2) is 23.4 Å². The Labute approximate surface area is 108 Å². The van der Waals surface area contributed by atoms with Gasteiger partial charge in [0.2, 0.25) is 0 Å². The summed E-state index contributed by atoms with van der Waals surface area (Å²) in [6.45, 7) is 4.67. The Bertz CT molecular complexity index is 432. The lowest BCUT2D eigenvalue weighted by molar-refractivity contribution is 0.183. The van der Waals surface area contributed by atoms with E-state index in [1.165, 1.54) is 0 Å². The normalized spacial score (nSPS) is 13.4. The Morgan fingerprint density at radius 1 is 1.56 bits per heavy atom. The number of benzene rings is 1. The summed E-state index contributed by atoms with van der Waals surface area (Å²) in [6, 6.07) is 5.93. The predicted octanol–water partition coefficient (Wildman–Crippen LogP) is 1.56. The Kier molecular flexibility index (Phi) is 4.97. The second kappa shape index (κ2) is 6.26. The van der Waals surface area contributed by atoms with Gasteiger partial charge in [0, 0.05) is 25.8 Å². The number of likely N-dealkylation sites (N-methyl/N-ethyl adjacent to an activating group) is 1. The van der Waals surface area contributed by atoms with Crippen LogP contribution in [0.1, 0.15) is 18.1 Å². The number of rotatable bonds is 5. The van der Waals surface area contributed by atoms with E-state index in [1.807, 2.05) is 32.2 Å². The van der Waals surface area contributed by atoms with Crippen molar-refractivity contribution in [3.8, 4) is 0 Å². The molecule has 3 N–H and O–H groups in total. The number of ether oxygens (including phenoxy) is 1. The van der Waals surface area contributed by atoms with Gasteiger partial charge in [-0.05, 0) is 25.5 Å². The average Bonchev–Trinajstić information content (AvgIpc) is 2.37. The Balaban J connectivity index is 3.21. The predicted molar refractivity (Wildman–Crippen MR) is 73.4 cm³/mol. The summed E-state index contributed by atoms with van der Waals surface area (Å²) in [5.41, 5.74) is 8.47. The number of para-hydroxylation sites is 1. The van der Waals surface area contributed by atoms with Gasteiger partial charge in [-0.3, -0.25) is 0 Å². The van der Waals surface area contributed by atoms with Crippen molar-refractivity contribution in [2.45, 2.75) is 19.9 Å². The molecule has 0 aromatic heterocycles. The minimum Gasteiger partial charge on any atom is -0.409 e. The van der Waals surface area contributed by atoms with Crippen molar-refractivity contribution in [1.29, 1.82) is 0 Å². The summed E-state index contributed by atoms with van der Waals surface area (Å²) < 4.78 is 5.16. The first kappa shape index (κ1) is 14.3. The van der Waals surface area contributed by atoms with Crippen LogP contribution in [0, 0.1) is 6.92 Å². The molecule has 0 saturated heterocycles. The van der Waals surface area contributed by atoms with Gasteiger partial charge in [-0.2, -0.15) is 0 Å². The fourth-order valence-electron chi connectivity index (χ4n) is 1.96. The van der Waals surface area contributed by atoms with Crippen LogP contribution in [0.2, 0.25) is 0 Å². The molecule has 0 radical (unpaired) electrons. The minimum absolute atomic E-state index is 0.116. The molecular formula is C13H21N3O2. The van der Waals surface area contributed by atoms with Crippen molar-refractivity contribution in [2.24, 2.45) is 10.9 Å². The fraction of sp³-hybridized carbons (Fsp3) is 0.462. The molecule has 100 valence electrons. The van der Waals surface area contributed by atoms with E-state index in [-0.39, 0.29) is 11.9 Å². The van der Waals surface area contributed by atoms with Crippen LogP contribution < -0.4 is 10.6 Å². The molecule has 1 aromatic rings. The van der Waals surface area contributed by atoms with Crippen LogP contribution in [0.5, 0.6) is 0 Å². The molecule has 1 unspecified atom stereocenters. The quantitative estimate of drug-likeness (QED) is 0.360. The van der Waals surface area contributed by atoms with Crippen LogP contribution in [0.4, 0.5) is 5.69 Å². The third-order valence-corrected chi connectivity index (χ3v) is 3.04. The molecule has 0 heterocycles. The summed E-state index contributed by atoms with van der Waals surface area (Å²) in [5.74, 6) is 0.116. The van der Waals surface area contributed by atoms with Gasteiger partial charge in [-0.15, -0.1) is 0 Å². The molecule has 0 aliphatic carbocycles. The van der Waals surface area contributed by atoms with Gasteiger partial charge < -0.3 is 20.6 Å². The maximum absolute atomic E-state index is 8.85. The lowest BCUT2D eigenvalue weighted by Gasteiger charge is -2.29. The van der Waals surface area contributed by atoms with E-state index in [4.69, 9.17) is 15.7 Å². The van der Waals surface area contributed by atoms with Crippen LogP contribution in [-0.2, 0) is 4.74 Å². The number of hydrogen-bond acceptors (Lipinski definition) is 4. The molecule has 1 rings (SSSR count). The lowest BCUT2D eigenvalue weighted by atomic mass is 10.0. The highest BCUT2D eigenvalue weighted by Gasteiger charge is 2.17. The average molecular weight is 251 g/mol. The zero-order chi connectivity index (χ0) is 13.7. The molecule has 0 amide bonds. The first-order valence-electron chi connectivity index (χ1n) is 5.82. The topological polar surface area (TPSA) is 71.1 Å². The van der Waals surface area contributed by atoms with Crippen molar-refractivity contribution >= 4 is 11.5 Å².